The Balaban J connectivity index is 2.34. The van der Waals surface area contributed by atoms with Crippen molar-refractivity contribution in [3.05, 3.63) is 57.4 Å². The van der Waals surface area contributed by atoms with Gasteiger partial charge in [0.05, 0.1) is 11.7 Å². The highest BCUT2D eigenvalue weighted by atomic mass is 127. The van der Waals surface area contributed by atoms with Crippen molar-refractivity contribution in [2.75, 3.05) is 0 Å². The van der Waals surface area contributed by atoms with Gasteiger partial charge in [0.1, 0.15) is 17.3 Å². The zero-order chi connectivity index (χ0) is 13.1. The maximum atomic E-state index is 13.6. The van der Waals surface area contributed by atoms with Crippen LogP contribution in [0.1, 0.15) is 18.6 Å². The first-order valence-electron chi connectivity index (χ1n) is 5.48. The Morgan fingerprint density at radius 2 is 1.83 bits per heavy atom. The van der Waals surface area contributed by atoms with Gasteiger partial charge in [0.15, 0.2) is 0 Å². The van der Waals surface area contributed by atoms with Gasteiger partial charge < -0.3 is 9.84 Å². The third-order valence-electron chi connectivity index (χ3n) is 2.47. The lowest BCUT2D eigenvalue weighted by Crippen LogP contribution is -1.99. The predicted octanol–water partition coefficient (Wildman–Crippen LogP) is 4.28. The molecule has 0 aliphatic rings. The van der Waals surface area contributed by atoms with E-state index >= 15 is 0 Å². The number of benzene rings is 2. The molecule has 0 heterocycles. The van der Waals surface area contributed by atoms with Crippen LogP contribution in [-0.4, -0.2) is 5.11 Å². The van der Waals surface area contributed by atoms with Gasteiger partial charge in [-0.15, -0.1) is 0 Å². The summed E-state index contributed by atoms with van der Waals surface area (Å²) < 4.78 is 20.3. The van der Waals surface area contributed by atoms with E-state index in [0.29, 0.717) is 11.5 Å². The minimum atomic E-state index is -0.912. The highest BCUT2D eigenvalue weighted by Crippen LogP contribution is 2.31. The van der Waals surface area contributed by atoms with Gasteiger partial charge in [0, 0.05) is 3.57 Å². The van der Waals surface area contributed by atoms with E-state index in [1.165, 1.54) is 13.0 Å². The second kappa shape index (κ2) is 5.67. The summed E-state index contributed by atoms with van der Waals surface area (Å²) in [5.74, 6) is 0.488. The van der Waals surface area contributed by atoms with E-state index in [4.69, 9.17) is 4.74 Å². The number of aliphatic hydroxyl groups excluding tert-OH is 1. The molecule has 1 atom stereocenters. The fourth-order valence-corrected chi connectivity index (χ4v) is 2.00. The monoisotopic (exact) mass is 358 g/mol. The Kier molecular flexibility index (Phi) is 4.19. The maximum absolute atomic E-state index is 13.6. The van der Waals surface area contributed by atoms with Gasteiger partial charge in [-0.3, -0.25) is 0 Å². The summed E-state index contributed by atoms with van der Waals surface area (Å²) in [6, 6.07) is 11.9. The minimum absolute atomic E-state index is 0.177. The van der Waals surface area contributed by atoms with Crippen LogP contribution in [0.15, 0.2) is 42.5 Å². The smallest absolute Gasteiger partial charge is 0.136 e. The summed E-state index contributed by atoms with van der Waals surface area (Å²) in [6.45, 7) is 1.51. The molecule has 2 nitrogen and oxygen atoms in total. The van der Waals surface area contributed by atoms with Crippen LogP contribution in [0.2, 0.25) is 0 Å². The van der Waals surface area contributed by atoms with Crippen LogP contribution in [0.5, 0.6) is 11.5 Å². The quantitative estimate of drug-likeness (QED) is 0.831. The Labute approximate surface area is 119 Å². The summed E-state index contributed by atoms with van der Waals surface area (Å²) in [5, 5.41) is 9.59. The number of ether oxygens (including phenoxy) is 1. The van der Waals surface area contributed by atoms with Crippen molar-refractivity contribution in [1.82, 2.24) is 0 Å². The Bertz CT molecular complexity index is 538. The van der Waals surface area contributed by atoms with Crippen LogP contribution >= 0.6 is 22.6 Å². The first kappa shape index (κ1) is 13.3. The van der Waals surface area contributed by atoms with Crippen LogP contribution in [-0.2, 0) is 0 Å². The number of hydrogen-bond acceptors (Lipinski definition) is 2. The molecule has 0 aliphatic carbocycles. The van der Waals surface area contributed by atoms with Crippen molar-refractivity contribution in [3.8, 4) is 11.5 Å². The molecule has 2 aromatic carbocycles. The average Bonchev–Trinajstić information content (AvgIpc) is 2.32. The minimum Gasteiger partial charge on any atom is -0.457 e. The molecule has 2 rings (SSSR count). The van der Waals surface area contributed by atoms with Gasteiger partial charge in [-0.25, -0.2) is 4.39 Å². The Morgan fingerprint density at radius 1 is 1.17 bits per heavy atom. The largest absolute Gasteiger partial charge is 0.457 e. The van der Waals surface area contributed by atoms with E-state index in [1.54, 1.807) is 24.3 Å². The van der Waals surface area contributed by atoms with E-state index in [2.05, 4.69) is 22.6 Å². The van der Waals surface area contributed by atoms with Crippen molar-refractivity contribution >= 4 is 22.6 Å². The zero-order valence-electron chi connectivity index (χ0n) is 9.73. The predicted molar refractivity (Wildman–Crippen MR) is 76.3 cm³/mol. The van der Waals surface area contributed by atoms with Crippen molar-refractivity contribution in [2.24, 2.45) is 0 Å². The van der Waals surface area contributed by atoms with Gasteiger partial charge in [0.25, 0.3) is 0 Å². The van der Waals surface area contributed by atoms with Crippen LogP contribution in [0.3, 0.4) is 0 Å². The van der Waals surface area contributed by atoms with Gasteiger partial charge >= 0.3 is 0 Å². The van der Waals surface area contributed by atoms with Crippen LogP contribution in [0, 0.1) is 9.39 Å². The van der Waals surface area contributed by atoms with Crippen LogP contribution in [0.25, 0.3) is 0 Å². The molecule has 1 unspecified atom stereocenters. The third kappa shape index (κ3) is 3.00. The number of halogens is 2. The molecule has 18 heavy (non-hydrogen) atoms. The molecule has 0 radical (unpaired) electrons. The fraction of sp³-hybridized carbons (Fsp3) is 0.143. The first-order valence-corrected chi connectivity index (χ1v) is 6.55. The van der Waals surface area contributed by atoms with Crippen molar-refractivity contribution in [1.29, 1.82) is 0 Å². The van der Waals surface area contributed by atoms with Crippen molar-refractivity contribution in [2.45, 2.75) is 13.0 Å². The van der Waals surface area contributed by atoms with E-state index in [-0.39, 0.29) is 5.56 Å². The van der Waals surface area contributed by atoms with Gasteiger partial charge in [-0.2, -0.15) is 0 Å². The molecule has 94 valence electrons. The average molecular weight is 358 g/mol. The van der Waals surface area contributed by atoms with Gasteiger partial charge in [0.2, 0.25) is 0 Å². The molecular formula is C14H12FIO2. The second-order valence-corrected chi connectivity index (χ2v) is 5.13. The van der Waals surface area contributed by atoms with Crippen LogP contribution in [0.4, 0.5) is 4.39 Å². The highest BCUT2D eigenvalue weighted by molar-refractivity contribution is 14.1. The maximum Gasteiger partial charge on any atom is 0.136 e. The Morgan fingerprint density at radius 3 is 2.44 bits per heavy atom. The van der Waals surface area contributed by atoms with E-state index in [1.807, 2.05) is 12.1 Å². The molecule has 0 spiro atoms. The number of hydrogen-bond donors (Lipinski definition) is 1. The van der Waals surface area contributed by atoms with Gasteiger partial charge in [-0.05, 0) is 65.9 Å². The molecule has 0 aliphatic heterocycles. The van der Waals surface area contributed by atoms with Crippen molar-refractivity contribution in [3.63, 3.8) is 0 Å². The molecule has 1 N–H and O–H groups in total. The molecule has 0 aromatic heterocycles. The first-order chi connectivity index (χ1) is 8.58. The summed E-state index contributed by atoms with van der Waals surface area (Å²) in [5.41, 5.74) is 0.177. The fourth-order valence-electron chi connectivity index (χ4n) is 1.64. The lowest BCUT2D eigenvalue weighted by Gasteiger charge is -2.13. The van der Waals surface area contributed by atoms with Crippen molar-refractivity contribution < 1.29 is 14.2 Å². The standard InChI is InChI=1S/C14H12FIO2/c1-9(17)14-12(15)3-2-4-13(14)18-11-7-5-10(16)6-8-11/h2-9,17H,1H3. The highest BCUT2D eigenvalue weighted by Gasteiger charge is 2.15. The lowest BCUT2D eigenvalue weighted by atomic mass is 10.1. The number of rotatable bonds is 3. The second-order valence-electron chi connectivity index (χ2n) is 3.88. The van der Waals surface area contributed by atoms with E-state index in [0.717, 1.165) is 3.57 Å². The SMILES string of the molecule is CC(O)c1c(F)cccc1Oc1ccc(I)cc1. The molecule has 0 bridgehead atoms. The van der Waals surface area contributed by atoms with Crippen LogP contribution < -0.4 is 4.74 Å². The molecule has 0 saturated carbocycles. The lowest BCUT2D eigenvalue weighted by molar-refractivity contribution is 0.190. The Hall–Kier alpha value is -1.14. The van der Waals surface area contributed by atoms with E-state index in [9.17, 15) is 9.50 Å². The molecule has 4 heteroatoms. The molecule has 0 amide bonds. The molecule has 2 aromatic rings. The summed E-state index contributed by atoms with van der Waals surface area (Å²) in [6.07, 6.45) is -0.912. The molecule has 0 fully saturated rings. The molecular weight excluding hydrogens is 346 g/mol. The normalized spacial score (nSPS) is 12.2. The third-order valence-corrected chi connectivity index (χ3v) is 3.19. The van der Waals surface area contributed by atoms with E-state index < -0.39 is 11.9 Å². The molecule has 0 saturated heterocycles. The number of aliphatic hydroxyl groups is 1. The zero-order valence-corrected chi connectivity index (χ0v) is 11.9. The topological polar surface area (TPSA) is 29.5 Å². The summed E-state index contributed by atoms with van der Waals surface area (Å²) in [4.78, 5) is 0. The summed E-state index contributed by atoms with van der Waals surface area (Å²) in [7, 11) is 0. The van der Waals surface area contributed by atoms with Gasteiger partial charge in [-0.1, -0.05) is 6.07 Å². The summed E-state index contributed by atoms with van der Waals surface area (Å²) >= 11 is 2.19.